The predicted octanol–water partition coefficient (Wildman–Crippen LogP) is -1.07. The molecule has 1 fully saturated rings. The van der Waals surface area contributed by atoms with E-state index in [0.29, 0.717) is 44.3 Å². The van der Waals surface area contributed by atoms with Gasteiger partial charge in [0.15, 0.2) is 0 Å². The molecule has 8 amide bonds. The van der Waals surface area contributed by atoms with Gasteiger partial charge in [-0.25, -0.2) is 9.78 Å². The maximum atomic E-state index is 14.0. The number of hydrogen-bond donors (Lipinski definition) is 11. The number of H-pyrrole nitrogens is 1. The summed E-state index contributed by atoms with van der Waals surface area (Å²) in [7, 11) is 0. The van der Waals surface area contributed by atoms with E-state index in [1.165, 1.54) is 17.4 Å². The van der Waals surface area contributed by atoms with Crippen molar-refractivity contribution in [1.29, 1.82) is 0 Å². The van der Waals surface area contributed by atoms with Gasteiger partial charge < -0.3 is 63.7 Å². The molecule has 1 aromatic heterocycles. The third-order valence-electron chi connectivity index (χ3n) is 11.4. The van der Waals surface area contributed by atoms with Crippen LogP contribution in [0.4, 0.5) is 0 Å². The molecule has 2 rings (SSSR count). The molecule has 2 heterocycles. The smallest absolute Gasteiger partial charge is 0.326 e. The maximum Gasteiger partial charge on any atom is 0.326 e. The van der Waals surface area contributed by atoms with Crippen molar-refractivity contribution in [3.8, 4) is 0 Å². The number of aromatic nitrogens is 2. The number of amides is 8. The number of carboxylic acids is 1. The van der Waals surface area contributed by atoms with Crippen LogP contribution in [-0.2, 0) is 49.6 Å². The fourth-order valence-corrected chi connectivity index (χ4v) is 7.50. The van der Waals surface area contributed by atoms with Gasteiger partial charge >= 0.3 is 5.97 Å². The number of rotatable bonds is 29. The Morgan fingerprint density at radius 3 is 1.89 bits per heavy atom. The first-order chi connectivity index (χ1) is 31.1. The fraction of sp³-hybridized carbons (Fsp3) is 0.727. The van der Waals surface area contributed by atoms with Gasteiger partial charge in [-0.2, -0.15) is 0 Å². The normalized spacial score (nSPS) is 16.9. The van der Waals surface area contributed by atoms with E-state index in [0.717, 1.165) is 0 Å². The van der Waals surface area contributed by atoms with Crippen LogP contribution in [-0.4, -0.2) is 142 Å². The minimum absolute atomic E-state index is 0.0308. The van der Waals surface area contributed by atoms with Crippen LogP contribution >= 0.6 is 0 Å². The summed E-state index contributed by atoms with van der Waals surface area (Å²) in [6.45, 7) is 14.2. The SMILES string of the molecule is CC[C@H](C)[C@H](NC(=O)[C@@H]1CCCN1C(=O)CNC(=O)[C@H](CC(C)C)NC(=O)[C@@H](NC(=O)[C@H](CC(C)C)NC(=O)CN)C(C)C)C(=O)N[C@@H](Cc1cnc[nH]1)C(=O)N[C@@H](CCCCN)C(=O)O. The average Bonchev–Trinajstić information content (AvgIpc) is 3.97. The Morgan fingerprint density at radius 2 is 1.35 bits per heavy atom. The number of imidazole rings is 1. The molecule has 1 aliphatic heterocycles. The second-order valence-electron chi connectivity index (χ2n) is 18.2. The maximum absolute atomic E-state index is 14.0. The molecule has 0 aromatic carbocycles. The summed E-state index contributed by atoms with van der Waals surface area (Å²) in [6.07, 6.45) is 5.62. The number of aliphatic carboxylic acids is 1. The Labute approximate surface area is 387 Å². The Morgan fingerprint density at radius 1 is 0.758 bits per heavy atom. The number of hydrogen-bond acceptors (Lipinski definition) is 12. The fourth-order valence-electron chi connectivity index (χ4n) is 7.50. The van der Waals surface area contributed by atoms with Gasteiger partial charge in [-0.1, -0.05) is 61.8 Å². The Kier molecular flexibility index (Phi) is 24.3. The molecule has 1 aromatic rings. The summed E-state index contributed by atoms with van der Waals surface area (Å²) in [4.78, 5) is 128. The highest BCUT2D eigenvalue weighted by Crippen LogP contribution is 2.19. The molecule has 372 valence electrons. The van der Waals surface area contributed by atoms with E-state index in [4.69, 9.17) is 11.5 Å². The molecule has 66 heavy (non-hydrogen) atoms. The number of carboxylic acid groups (broad SMARTS) is 1. The number of aromatic amines is 1. The molecule has 22 heteroatoms. The number of nitrogens with two attached hydrogens (primary N) is 2. The summed E-state index contributed by atoms with van der Waals surface area (Å²) in [5.41, 5.74) is 11.5. The second kappa shape index (κ2) is 28.4. The summed E-state index contributed by atoms with van der Waals surface area (Å²) in [5.74, 6) is -7.14. The lowest BCUT2D eigenvalue weighted by Gasteiger charge is -2.30. The van der Waals surface area contributed by atoms with Crippen LogP contribution in [0.2, 0.25) is 0 Å². The molecule has 0 radical (unpaired) electrons. The largest absolute Gasteiger partial charge is 0.480 e. The van der Waals surface area contributed by atoms with Gasteiger partial charge in [-0.05, 0) is 75.2 Å². The van der Waals surface area contributed by atoms with Crippen LogP contribution in [0.5, 0.6) is 0 Å². The van der Waals surface area contributed by atoms with E-state index in [1.54, 1.807) is 20.8 Å². The van der Waals surface area contributed by atoms with Crippen molar-refractivity contribution in [2.45, 2.75) is 155 Å². The van der Waals surface area contributed by atoms with E-state index >= 15 is 0 Å². The predicted molar refractivity (Wildman–Crippen MR) is 244 cm³/mol. The number of unbranched alkanes of at least 4 members (excludes halogenated alkanes) is 1. The molecule has 0 unspecified atom stereocenters. The first-order valence-electron chi connectivity index (χ1n) is 23.1. The minimum Gasteiger partial charge on any atom is -0.480 e. The Bertz CT molecular complexity index is 1780. The summed E-state index contributed by atoms with van der Waals surface area (Å²) in [6, 6.07) is -7.72. The van der Waals surface area contributed by atoms with Crippen molar-refractivity contribution in [2.75, 3.05) is 26.2 Å². The van der Waals surface area contributed by atoms with Gasteiger partial charge in [-0.15, -0.1) is 0 Å². The van der Waals surface area contributed by atoms with Crippen LogP contribution in [0.3, 0.4) is 0 Å². The van der Waals surface area contributed by atoms with Gasteiger partial charge in [0.1, 0.15) is 42.3 Å². The molecule has 0 spiro atoms. The lowest BCUT2D eigenvalue weighted by Crippen LogP contribution is -2.60. The Balaban J connectivity index is 2.19. The lowest BCUT2D eigenvalue weighted by atomic mass is 9.97. The zero-order valence-electron chi connectivity index (χ0n) is 39.9. The van der Waals surface area contributed by atoms with Crippen LogP contribution in [0.15, 0.2) is 12.5 Å². The van der Waals surface area contributed by atoms with Gasteiger partial charge in [0.2, 0.25) is 47.3 Å². The van der Waals surface area contributed by atoms with E-state index in [1.807, 2.05) is 34.6 Å². The highest BCUT2D eigenvalue weighted by Gasteiger charge is 2.39. The summed E-state index contributed by atoms with van der Waals surface area (Å²) in [5, 5.41) is 28.4. The third-order valence-corrected chi connectivity index (χ3v) is 11.4. The lowest BCUT2D eigenvalue weighted by molar-refractivity contribution is -0.142. The van der Waals surface area contributed by atoms with Gasteiger partial charge in [0.05, 0.1) is 19.4 Å². The summed E-state index contributed by atoms with van der Waals surface area (Å²) < 4.78 is 0. The number of carbonyl (C=O) groups excluding carboxylic acids is 8. The van der Waals surface area contributed by atoms with Crippen LogP contribution in [0.1, 0.15) is 112 Å². The molecule has 1 saturated heterocycles. The molecule has 8 atom stereocenters. The molecule has 1 aliphatic rings. The van der Waals surface area contributed by atoms with Crippen molar-refractivity contribution in [3.05, 3.63) is 18.2 Å². The average molecular weight is 933 g/mol. The Hall–Kier alpha value is -5.64. The zero-order valence-corrected chi connectivity index (χ0v) is 39.9. The molecule has 13 N–H and O–H groups in total. The molecule has 0 aliphatic carbocycles. The number of nitrogens with zero attached hydrogens (tertiary/aromatic N) is 2. The van der Waals surface area contributed by atoms with E-state index < -0.39 is 114 Å². The molecular formula is C44H76N12O10. The van der Waals surface area contributed by atoms with E-state index in [9.17, 15) is 48.3 Å². The summed E-state index contributed by atoms with van der Waals surface area (Å²) >= 11 is 0. The van der Waals surface area contributed by atoms with Crippen LogP contribution in [0.25, 0.3) is 0 Å². The highest BCUT2D eigenvalue weighted by atomic mass is 16.4. The number of likely N-dealkylation sites (tertiary alicyclic amines) is 1. The zero-order chi connectivity index (χ0) is 49.7. The van der Waals surface area contributed by atoms with Crippen LogP contribution in [0, 0.1) is 23.7 Å². The van der Waals surface area contributed by atoms with Crippen molar-refractivity contribution in [1.82, 2.24) is 52.1 Å². The highest BCUT2D eigenvalue weighted by molar-refractivity contribution is 5.97. The molecule has 0 saturated carbocycles. The quantitative estimate of drug-likeness (QED) is 0.0427. The standard InChI is InChI=1S/C44H76N12O10/c1-9-27(8)37(43(64)53-32(19-28-21-47-23-49-28)39(60)51-29(44(65)66)13-10-11-15-45)55-41(62)33-14-12-16-56(33)35(58)22-48-38(59)30(17-24(2)3)52-42(63)36(26(6)7)54-40(61)31(18-25(4)5)50-34(57)20-46/h21,23-27,29-33,36-37H,9-20,22,45-46H2,1-8H3,(H,47,49)(H,48,59)(H,50,57)(H,51,60)(H,52,63)(H,53,64)(H,54,61)(H,55,62)(H,65,66)/t27-,29-,30-,31-,32-,33-,36-,37-/m0/s1. The molecular weight excluding hydrogens is 857 g/mol. The van der Waals surface area contributed by atoms with Crippen molar-refractivity contribution in [2.24, 2.45) is 35.1 Å². The van der Waals surface area contributed by atoms with Crippen molar-refractivity contribution < 1.29 is 48.3 Å². The first kappa shape index (κ1) is 56.5. The number of carbonyl (C=O) groups is 9. The molecule has 0 bridgehead atoms. The second-order valence-corrected chi connectivity index (χ2v) is 18.2. The van der Waals surface area contributed by atoms with Gasteiger partial charge in [0.25, 0.3) is 0 Å². The van der Waals surface area contributed by atoms with E-state index in [-0.39, 0.29) is 50.6 Å². The van der Waals surface area contributed by atoms with Gasteiger partial charge in [-0.3, -0.25) is 38.4 Å². The van der Waals surface area contributed by atoms with Crippen LogP contribution < -0.4 is 48.7 Å². The topological polar surface area (TPSA) is 342 Å². The minimum atomic E-state index is -1.25. The number of nitrogens with one attached hydrogen (secondary N) is 8. The van der Waals surface area contributed by atoms with Crippen molar-refractivity contribution >= 4 is 53.2 Å². The molecule has 22 nitrogen and oxygen atoms in total. The monoisotopic (exact) mass is 933 g/mol. The van der Waals surface area contributed by atoms with E-state index in [2.05, 4.69) is 47.2 Å². The van der Waals surface area contributed by atoms with Crippen molar-refractivity contribution in [3.63, 3.8) is 0 Å². The van der Waals surface area contributed by atoms with Gasteiger partial charge in [0, 0.05) is 24.9 Å². The third kappa shape index (κ3) is 18.7. The first-order valence-corrected chi connectivity index (χ1v) is 23.1.